The predicted molar refractivity (Wildman–Crippen MR) is 83.4 cm³/mol. The van der Waals surface area contributed by atoms with Gasteiger partial charge in [-0.15, -0.1) is 0 Å². The Kier molecular flexibility index (Phi) is 5.31. The van der Waals surface area contributed by atoms with Crippen molar-refractivity contribution in [1.29, 1.82) is 0 Å². The monoisotopic (exact) mass is 312 g/mol. The third-order valence-electron chi connectivity index (χ3n) is 3.78. The summed E-state index contributed by atoms with van der Waals surface area (Å²) in [4.78, 5) is 12.4. The Morgan fingerprint density at radius 2 is 2.05 bits per heavy atom. The van der Waals surface area contributed by atoms with Gasteiger partial charge in [-0.3, -0.25) is 4.79 Å². The predicted octanol–water partition coefficient (Wildman–Crippen LogP) is 2.68. The maximum atomic E-state index is 12.4. The number of carbonyl (C=O) groups excluding carboxylic acids is 1. The normalized spacial score (nSPS) is 21.7. The van der Waals surface area contributed by atoms with Gasteiger partial charge >= 0.3 is 0 Å². The first-order valence-corrected chi connectivity index (χ1v) is 7.40. The van der Waals surface area contributed by atoms with E-state index in [0.29, 0.717) is 28.1 Å². The fraction of sp³-hybridized carbons (Fsp3) is 0.533. The molecule has 21 heavy (non-hydrogen) atoms. The van der Waals surface area contributed by atoms with E-state index in [2.05, 4.69) is 17.6 Å². The van der Waals surface area contributed by atoms with Gasteiger partial charge in [-0.25, -0.2) is 0 Å². The van der Waals surface area contributed by atoms with Crippen LogP contribution in [0.1, 0.15) is 19.8 Å². The highest BCUT2D eigenvalue weighted by Crippen LogP contribution is 2.36. The first-order chi connectivity index (χ1) is 10.1. The third kappa shape index (κ3) is 3.60. The first kappa shape index (κ1) is 15.9. The maximum Gasteiger partial charge on any atom is 0.241 e. The number of anilines is 1. The highest BCUT2D eigenvalue weighted by molar-refractivity contribution is 6.32. The quantitative estimate of drug-likeness (QED) is 0.897. The average Bonchev–Trinajstić information content (AvgIpc) is 2.48. The molecule has 1 aromatic carbocycles. The topological polar surface area (TPSA) is 59.6 Å². The summed E-state index contributed by atoms with van der Waals surface area (Å²) >= 11 is 6.06. The zero-order chi connectivity index (χ0) is 15.4. The van der Waals surface area contributed by atoms with E-state index in [4.69, 9.17) is 21.1 Å². The van der Waals surface area contributed by atoms with Crippen molar-refractivity contribution in [2.45, 2.75) is 25.8 Å². The Balaban J connectivity index is 2.19. The standard InChI is InChI=1S/C15H21ClN2O3/c1-9-5-4-6-17-14(9)15(19)18-11-8-12(20-2)10(16)7-13(11)21-3/h7-9,14,17H,4-6H2,1-3H3,(H,18,19). The highest BCUT2D eigenvalue weighted by Gasteiger charge is 2.28. The second-order valence-electron chi connectivity index (χ2n) is 5.23. The van der Waals surface area contributed by atoms with Crippen LogP contribution in [-0.4, -0.2) is 32.7 Å². The van der Waals surface area contributed by atoms with Crippen molar-refractivity contribution in [3.8, 4) is 11.5 Å². The number of hydrogen-bond donors (Lipinski definition) is 2. The van der Waals surface area contributed by atoms with Crippen LogP contribution >= 0.6 is 11.6 Å². The number of piperidine rings is 1. The fourth-order valence-electron chi connectivity index (χ4n) is 2.57. The summed E-state index contributed by atoms with van der Waals surface area (Å²) < 4.78 is 10.4. The summed E-state index contributed by atoms with van der Waals surface area (Å²) in [6.45, 7) is 2.94. The van der Waals surface area contributed by atoms with E-state index in [0.717, 1.165) is 19.4 Å². The lowest BCUT2D eigenvalue weighted by Crippen LogP contribution is -2.48. The second kappa shape index (κ2) is 7.00. The molecule has 1 fully saturated rings. The average molecular weight is 313 g/mol. The van der Waals surface area contributed by atoms with Gasteiger partial charge in [0.2, 0.25) is 5.91 Å². The van der Waals surface area contributed by atoms with Crippen LogP contribution < -0.4 is 20.1 Å². The number of rotatable bonds is 4. The van der Waals surface area contributed by atoms with Gasteiger partial charge in [0, 0.05) is 12.1 Å². The number of halogens is 1. The Morgan fingerprint density at radius 1 is 1.33 bits per heavy atom. The molecule has 2 unspecified atom stereocenters. The van der Waals surface area contributed by atoms with Gasteiger partial charge < -0.3 is 20.1 Å². The zero-order valence-corrected chi connectivity index (χ0v) is 13.3. The van der Waals surface area contributed by atoms with Crippen LogP contribution in [0.2, 0.25) is 5.02 Å². The minimum absolute atomic E-state index is 0.0649. The summed E-state index contributed by atoms with van der Waals surface area (Å²) in [6.07, 6.45) is 2.15. The summed E-state index contributed by atoms with van der Waals surface area (Å²) in [6, 6.07) is 3.12. The molecule has 2 atom stereocenters. The van der Waals surface area contributed by atoms with Crippen molar-refractivity contribution in [3.63, 3.8) is 0 Å². The number of ether oxygens (including phenoxy) is 2. The first-order valence-electron chi connectivity index (χ1n) is 7.02. The van der Waals surface area contributed by atoms with Crippen LogP contribution in [0.25, 0.3) is 0 Å². The highest BCUT2D eigenvalue weighted by atomic mass is 35.5. The van der Waals surface area contributed by atoms with E-state index in [1.54, 1.807) is 12.1 Å². The number of benzene rings is 1. The molecule has 0 aliphatic carbocycles. The van der Waals surface area contributed by atoms with E-state index in [1.165, 1.54) is 14.2 Å². The lowest BCUT2D eigenvalue weighted by molar-refractivity contribution is -0.119. The summed E-state index contributed by atoms with van der Waals surface area (Å²) in [5, 5.41) is 6.60. The number of nitrogens with one attached hydrogen (secondary N) is 2. The van der Waals surface area contributed by atoms with Gasteiger partial charge in [0.05, 0.1) is 31.0 Å². The Hall–Kier alpha value is -1.46. The van der Waals surface area contributed by atoms with Gasteiger partial charge in [0.15, 0.2) is 0 Å². The third-order valence-corrected chi connectivity index (χ3v) is 4.08. The molecule has 0 bridgehead atoms. The van der Waals surface area contributed by atoms with Gasteiger partial charge in [0.1, 0.15) is 11.5 Å². The summed E-state index contributed by atoms with van der Waals surface area (Å²) in [7, 11) is 3.07. The number of carbonyl (C=O) groups is 1. The maximum absolute atomic E-state index is 12.4. The SMILES string of the molecule is COc1cc(NC(=O)C2NCCCC2C)c(OC)cc1Cl. The number of amides is 1. The molecule has 0 spiro atoms. The van der Waals surface area contributed by atoms with Crippen molar-refractivity contribution in [3.05, 3.63) is 17.2 Å². The lowest BCUT2D eigenvalue weighted by Gasteiger charge is -2.29. The van der Waals surface area contributed by atoms with Crippen molar-refractivity contribution in [1.82, 2.24) is 5.32 Å². The van der Waals surface area contributed by atoms with Gasteiger partial charge in [-0.2, -0.15) is 0 Å². The lowest BCUT2D eigenvalue weighted by atomic mass is 9.92. The largest absolute Gasteiger partial charge is 0.495 e. The minimum Gasteiger partial charge on any atom is -0.495 e. The molecule has 0 aromatic heterocycles. The molecule has 2 rings (SSSR count). The van der Waals surface area contributed by atoms with Gasteiger partial charge in [-0.05, 0) is 25.3 Å². The molecule has 1 aliphatic rings. The minimum atomic E-state index is -0.190. The molecular formula is C15H21ClN2O3. The molecule has 1 aromatic rings. The van der Waals surface area contributed by atoms with Gasteiger partial charge in [-0.1, -0.05) is 18.5 Å². The molecule has 6 heteroatoms. The second-order valence-corrected chi connectivity index (χ2v) is 5.63. The Morgan fingerprint density at radius 3 is 2.67 bits per heavy atom. The molecule has 1 saturated heterocycles. The smallest absolute Gasteiger partial charge is 0.241 e. The molecular weight excluding hydrogens is 292 g/mol. The van der Waals surface area contributed by atoms with Crippen molar-refractivity contribution < 1.29 is 14.3 Å². The van der Waals surface area contributed by atoms with Crippen LogP contribution in [0, 0.1) is 5.92 Å². The molecule has 0 radical (unpaired) electrons. The molecule has 2 N–H and O–H groups in total. The molecule has 116 valence electrons. The number of methoxy groups -OCH3 is 2. The van der Waals surface area contributed by atoms with E-state index in [9.17, 15) is 4.79 Å². The van der Waals surface area contributed by atoms with E-state index in [-0.39, 0.29) is 11.9 Å². The van der Waals surface area contributed by atoms with Crippen LogP contribution in [0.5, 0.6) is 11.5 Å². The van der Waals surface area contributed by atoms with Crippen LogP contribution in [0.15, 0.2) is 12.1 Å². The molecule has 1 amide bonds. The number of hydrogen-bond acceptors (Lipinski definition) is 4. The molecule has 5 nitrogen and oxygen atoms in total. The molecule has 1 aliphatic heterocycles. The van der Waals surface area contributed by atoms with Gasteiger partial charge in [0.25, 0.3) is 0 Å². The van der Waals surface area contributed by atoms with E-state index >= 15 is 0 Å². The van der Waals surface area contributed by atoms with Crippen molar-refractivity contribution in [2.75, 3.05) is 26.1 Å². The van der Waals surface area contributed by atoms with Crippen LogP contribution in [0.3, 0.4) is 0 Å². The van der Waals surface area contributed by atoms with Crippen LogP contribution in [0.4, 0.5) is 5.69 Å². The van der Waals surface area contributed by atoms with Crippen LogP contribution in [-0.2, 0) is 4.79 Å². The zero-order valence-electron chi connectivity index (χ0n) is 12.5. The molecule has 0 saturated carbocycles. The summed E-state index contributed by atoms with van der Waals surface area (Å²) in [5.74, 6) is 1.25. The molecule has 1 heterocycles. The van der Waals surface area contributed by atoms with Crippen molar-refractivity contribution >= 4 is 23.2 Å². The Bertz CT molecular complexity index is 522. The fourth-order valence-corrected chi connectivity index (χ4v) is 2.80. The van der Waals surface area contributed by atoms with E-state index in [1.807, 2.05) is 0 Å². The Labute approximate surface area is 130 Å². The summed E-state index contributed by atoms with van der Waals surface area (Å²) in [5.41, 5.74) is 0.559. The van der Waals surface area contributed by atoms with E-state index < -0.39 is 0 Å². The van der Waals surface area contributed by atoms with Crippen molar-refractivity contribution in [2.24, 2.45) is 5.92 Å².